The van der Waals surface area contributed by atoms with E-state index in [0.29, 0.717) is 18.7 Å². The number of hydrogen-bond donors (Lipinski definition) is 0. The summed E-state index contributed by atoms with van der Waals surface area (Å²) in [6.45, 7) is 3.07. The van der Waals surface area contributed by atoms with Crippen molar-refractivity contribution in [3.63, 3.8) is 0 Å². The molecular weight excluding hydrogens is 534 g/mol. The second kappa shape index (κ2) is 10.9. The number of rotatable bonds is 6. The van der Waals surface area contributed by atoms with Gasteiger partial charge in [0.2, 0.25) is 10.0 Å². The molecule has 1 aliphatic rings. The Morgan fingerprint density at radius 3 is 2.10 bits per heavy atom. The van der Waals surface area contributed by atoms with Crippen LogP contribution in [0.2, 0.25) is 0 Å². The van der Waals surface area contributed by atoms with Crippen molar-refractivity contribution >= 4 is 26.7 Å². The van der Waals surface area contributed by atoms with Crippen LogP contribution in [0.15, 0.2) is 108 Å². The lowest BCUT2D eigenvalue weighted by molar-refractivity contribution is 0.0697. The zero-order valence-corrected chi connectivity index (χ0v) is 23.8. The van der Waals surface area contributed by atoms with Crippen LogP contribution in [-0.4, -0.2) is 61.4 Å². The van der Waals surface area contributed by atoms with Crippen LogP contribution in [0.5, 0.6) is 5.75 Å². The molecule has 0 N–H and O–H groups in total. The third-order valence-electron chi connectivity index (χ3n) is 7.76. The number of ether oxygens (including phenoxy) is 1. The summed E-state index contributed by atoms with van der Waals surface area (Å²) in [5, 5.41) is 1.88. The van der Waals surface area contributed by atoms with Crippen LogP contribution >= 0.6 is 0 Å². The number of carbonyl (C=O) groups excluding carboxylic acids is 1. The summed E-state index contributed by atoms with van der Waals surface area (Å²) in [6.07, 6.45) is 0. The van der Waals surface area contributed by atoms with Gasteiger partial charge in [-0.3, -0.25) is 4.79 Å². The quantitative estimate of drug-likeness (QED) is 0.262. The second-order valence-electron chi connectivity index (χ2n) is 10.1. The van der Waals surface area contributed by atoms with E-state index >= 15 is 0 Å². The number of piperazine rings is 1. The van der Waals surface area contributed by atoms with Crippen molar-refractivity contribution in [1.29, 1.82) is 0 Å². The molecule has 1 aliphatic heterocycles. The number of nitrogens with zero attached hydrogens (tertiary/aromatic N) is 3. The minimum Gasteiger partial charge on any atom is -0.497 e. The molecule has 0 bridgehead atoms. The number of para-hydroxylation sites is 1. The van der Waals surface area contributed by atoms with E-state index in [0.717, 1.165) is 39.2 Å². The first kappa shape index (κ1) is 26.8. The highest BCUT2D eigenvalue weighted by molar-refractivity contribution is 7.89. The highest BCUT2D eigenvalue weighted by Gasteiger charge is 2.32. The molecule has 5 aromatic rings. The number of carbonyl (C=O) groups is 1. The number of fused-ring (bicyclic) bond motifs is 1. The summed E-state index contributed by atoms with van der Waals surface area (Å²) in [5.41, 5.74) is 4.25. The molecule has 7 nitrogen and oxygen atoms in total. The van der Waals surface area contributed by atoms with Crippen molar-refractivity contribution in [2.45, 2.75) is 11.8 Å². The van der Waals surface area contributed by atoms with E-state index in [1.54, 1.807) is 24.1 Å². The van der Waals surface area contributed by atoms with Crippen LogP contribution in [0, 0.1) is 6.92 Å². The Hall–Kier alpha value is -4.40. The summed E-state index contributed by atoms with van der Waals surface area (Å²) in [6, 6.07) is 32.6. The molecule has 0 spiro atoms. The van der Waals surface area contributed by atoms with Crippen molar-refractivity contribution in [1.82, 2.24) is 13.8 Å². The SMILES string of the molecule is COc1ccc(-c2cc(C(=O)N3CCN(S(=O)(=O)c4ccc5ccccc5c4)CC3)c(C)n2-c2ccccc2)cc1. The predicted octanol–water partition coefficient (Wildman–Crippen LogP) is 5.76. The molecule has 1 aromatic heterocycles. The average Bonchev–Trinajstić information content (AvgIpc) is 3.37. The third-order valence-corrected chi connectivity index (χ3v) is 9.66. The molecule has 6 rings (SSSR count). The second-order valence-corrected chi connectivity index (χ2v) is 12.1. The van der Waals surface area contributed by atoms with Crippen molar-refractivity contribution in [3.05, 3.63) is 114 Å². The lowest BCUT2D eigenvalue weighted by Crippen LogP contribution is -2.50. The zero-order valence-electron chi connectivity index (χ0n) is 23.0. The van der Waals surface area contributed by atoms with Gasteiger partial charge >= 0.3 is 0 Å². The topological polar surface area (TPSA) is 71.8 Å². The van der Waals surface area contributed by atoms with Crippen LogP contribution in [0.4, 0.5) is 0 Å². The van der Waals surface area contributed by atoms with E-state index in [4.69, 9.17) is 4.74 Å². The van der Waals surface area contributed by atoms with Gasteiger partial charge in [-0.15, -0.1) is 0 Å². The van der Waals surface area contributed by atoms with Gasteiger partial charge < -0.3 is 14.2 Å². The molecule has 8 heteroatoms. The summed E-state index contributed by atoms with van der Waals surface area (Å²) in [4.78, 5) is 15.9. The summed E-state index contributed by atoms with van der Waals surface area (Å²) in [7, 11) is -2.04. The van der Waals surface area contributed by atoms with E-state index in [9.17, 15) is 13.2 Å². The molecule has 1 saturated heterocycles. The Balaban J connectivity index is 1.26. The van der Waals surface area contributed by atoms with Gasteiger partial charge in [0.15, 0.2) is 0 Å². The Morgan fingerprint density at radius 2 is 1.41 bits per heavy atom. The Morgan fingerprint density at radius 1 is 0.756 bits per heavy atom. The lowest BCUT2D eigenvalue weighted by atomic mass is 10.1. The van der Waals surface area contributed by atoms with Crippen molar-refractivity contribution < 1.29 is 17.9 Å². The van der Waals surface area contributed by atoms with E-state index in [1.807, 2.05) is 97.9 Å². The summed E-state index contributed by atoms with van der Waals surface area (Å²) in [5.74, 6) is 0.658. The maximum absolute atomic E-state index is 13.8. The fourth-order valence-electron chi connectivity index (χ4n) is 5.49. The van der Waals surface area contributed by atoms with Gasteiger partial charge in [0, 0.05) is 37.6 Å². The number of amides is 1. The van der Waals surface area contributed by atoms with Crippen LogP contribution in [-0.2, 0) is 10.0 Å². The maximum atomic E-state index is 13.8. The Kier molecular flexibility index (Phi) is 7.11. The Labute approximate surface area is 240 Å². The van der Waals surface area contributed by atoms with Gasteiger partial charge in [-0.05, 0) is 77.9 Å². The number of sulfonamides is 1. The standard InChI is InChI=1S/C33H31N3O4S/c1-24-31(23-32(26-12-15-29(40-2)16-13-26)36(24)28-10-4-3-5-11-28)33(37)34-18-20-35(21-19-34)41(38,39)30-17-14-25-8-6-7-9-27(25)22-30/h3-17,22-23H,18-21H2,1-2H3. The van der Waals surface area contributed by atoms with Gasteiger partial charge in [-0.1, -0.05) is 48.5 Å². The minimum absolute atomic E-state index is 0.102. The molecule has 2 heterocycles. The number of hydrogen-bond acceptors (Lipinski definition) is 4. The van der Waals surface area contributed by atoms with Gasteiger partial charge in [-0.25, -0.2) is 8.42 Å². The molecule has 1 amide bonds. The predicted molar refractivity (Wildman–Crippen MR) is 161 cm³/mol. The number of aromatic nitrogens is 1. The van der Waals surface area contributed by atoms with E-state index in [-0.39, 0.29) is 23.9 Å². The van der Waals surface area contributed by atoms with Crippen LogP contribution in [0.3, 0.4) is 0 Å². The van der Waals surface area contributed by atoms with Gasteiger partial charge in [0.25, 0.3) is 5.91 Å². The first-order valence-electron chi connectivity index (χ1n) is 13.6. The molecular formula is C33H31N3O4S. The highest BCUT2D eigenvalue weighted by atomic mass is 32.2. The molecule has 4 aromatic carbocycles. The van der Waals surface area contributed by atoms with E-state index in [2.05, 4.69) is 4.57 Å². The fraction of sp³-hybridized carbons (Fsp3) is 0.182. The number of methoxy groups -OCH3 is 1. The zero-order chi connectivity index (χ0) is 28.6. The molecule has 0 saturated carbocycles. The molecule has 0 aliphatic carbocycles. The van der Waals surface area contributed by atoms with Crippen molar-refractivity contribution in [2.24, 2.45) is 0 Å². The van der Waals surface area contributed by atoms with Crippen LogP contribution in [0.1, 0.15) is 16.1 Å². The minimum atomic E-state index is -3.67. The fourth-order valence-corrected chi connectivity index (χ4v) is 6.94. The third kappa shape index (κ3) is 5.01. The van der Waals surface area contributed by atoms with Crippen LogP contribution < -0.4 is 4.74 Å². The number of benzene rings is 4. The smallest absolute Gasteiger partial charge is 0.255 e. The van der Waals surface area contributed by atoms with E-state index < -0.39 is 10.0 Å². The molecule has 0 atom stereocenters. The molecule has 0 radical (unpaired) electrons. The van der Waals surface area contributed by atoms with Gasteiger partial charge in [0.1, 0.15) is 5.75 Å². The van der Waals surface area contributed by atoms with Crippen LogP contribution in [0.25, 0.3) is 27.7 Å². The largest absolute Gasteiger partial charge is 0.497 e. The average molecular weight is 566 g/mol. The first-order chi connectivity index (χ1) is 19.9. The lowest BCUT2D eigenvalue weighted by Gasteiger charge is -2.34. The van der Waals surface area contributed by atoms with Crippen molar-refractivity contribution in [2.75, 3.05) is 33.3 Å². The highest BCUT2D eigenvalue weighted by Crippen LogP contribution is 2.32. The summed E-state index contributed by atoms with van der Waals surface area (Å²) >= 11 is 0. The van der Waals surface area contributed by atoms with Gasteiger partial charge in [-0.2, -0.15) is 4.31 Å². The molecule has 1 fully saturated rings. The summed E-state index contributed by atoms with van der Waals surface area (Å²) < 4.78 is 35.8. The molecule has 41 heavy (non-hydrogen) atoms. The Bertz CT molecular complexity index is 1820. The van der Waals surface area contributed by atoms with Gasteiger partial charge in [0.05, 0.1) is 23.3 Å². The molecule has 0 unspecified atom stereocenters. The normalized spacial score (nSPS) is 14.3. The van der Waals surface area contributed by atoms with E-state index in [1.165, 1.54) is 4.31 Å². The van der Waals surface area contributed by atoms with Crippen molar-refractivity contribution in [3.8, 4) is 22.7 Å². The molecule has 208 valence electrons. The first-order valence-corrected chi connectivity index (χ1v) is 15.0. The monoisotopic (exact) mass is 565 g/mol. The maximum Gasteiger partial charge on any atom is 0.255 e.